The van der Waals surface area contributed by atoms with Crippen LogP contribution in [0.3, 0.4) is 0 Å². The lowest BCUT2D eigenvalue weighted by atomic mass is 10.0. The first-order valence-electron chi connectivity index (χ1n) is 10.2. The molecule has 0 amide bonds. The molecule has 0 radical (unpaired) electrons. The molecule has 4 nitrogen and oxygen atoms in total. The van der Waals surface area contributed by atoms with Crippen molar-refractivity contribution in [2.75, 3.05) is 0 Å². The predicted molar refractivity (Wildman–Crippen MR) is 128 cm³/mol. The first-order valence-corrected chi connectivity index (χ1v) is 10.6. The Labute approximate surface area is 190 Å². The van der Waals surface area contributed by atoms with Gasteiger partial charge < -0.3 is 9.15 Å². The van der Waals surface area contributed by atoms with E-state index in [1.165, 1.54) is 24.0 Å². The van der Waals surface area contributed by atoms with Crippen LogP contribution in [-0.4, -0.2) is 5.97 Å². The van der Waals surface area contributed by atoms with Gasteiger partial charge in [0, 0.05) is 17.2 Å². The molecule has 1 heterocycles. The number of halogens is 1. The van der Waals surface area contributed by atoms with E-state index in [1.807, 2.05) is 24.3 Å². The van der Waals surface area contributed by atoms with Crippen molar-refractivity contribution in [2.24, 2.45) is 0 Å². The van der Waals surface area contributed by atoms with Crippen LogP contribution in [0.2, 0.25) is 5.02 Å². The summed E-state index contributed by atoms with van der Waals surface area (Å²) < 4.78 is 11.0. The highest BCUT2D eigenvalue weighted by molar-refractivity contribution is 6.30. The highest BCUT2D eigenvalue weighted by atomic mass is 35.5. The van der Waals surface area contributed by atoms with Gasteiger partial charge in [0.25, 0.3) is 0 Å². The maximum Gasteiger partial charge on any atom is 0.336 e. The van der Waals surface area contributed by atoms with Crippen LogP contribution in [-0.2, 0) is 4.79 Å². The van der Waals surface area contributed by atoms with Gasteiger partial charge in [0.2, 0.25) is 0 Å². The lowest BCUT2D eigenvalue weighted by Gasteiger charge is -2.06. The summed E-state index contributed by atoms with van der Waals surface area (Å²) in [6.07, 6.45) is 4.47. The third-order valence-electron chi connectivity index (χ3n) is 5.13. The minimum absolute atomic E-state index is 0.170. The normalized spacial score (nSPS) is 11.4. The number of ether oxygens (including phenoxy) is 1. The van der Waals surface area contributed by atoms with Crippen LogP contribution in [0, 0.1) is 0 Å². The third-order valence-corrected chi connectivity index (χ3v) is 5.39. The Balaban J connectivity index is 1.51. The Hall–Kier alpha value is -3.63. The van der Waals surface area contributed by atoms with Crippen molar-refractivity contribution in [1.29, 1.82) is 0 Å². The van der Waals surface area contributed by atoms with Crippen LogP contribution in [0.4, 0.5) is 0 Å². The van der Waals surface area contributed by atoms with E-state index in [4.69, 9.17) is 20.8 Å². The fourth-order valence-electron chi connectivity index (χ4n) is 3.31. The van der Waals surface area contributed by atoms with Crippen LogP contribution < -0.4 is 10.2 Å². The van der Waals surface area contributed by atoms with E-state index < -0.39 is 5.97 Å². The lowest BCUT2D eigenvalue weighted by Crippen LogP contribution is -2.06. The van der Waals surface area contributed by atoms with Gasteiger partial charge in [-0.1, -0.05) is 61.8 Å². The van der Waals surface area contributed by atoms with Gasteiger partial charge in [-0.15, -0.1) is 0 Å². The van der Waals surface area contributed by atoms with Crippen LogP contribution >= 0.6 is 11.6 Å². The Morgan fingerprint density at radius 2 is 1.72 bits per heavy atom. The molecule has 0 unspecified atom stereocenters. The summed E-state index contributed by atoms with van der Waals surface area (Å²) in [5.74, 6) is 0.232. The van der Waals surface area contributed by atoms with Crippen molar-refractivity contribution in [1.82, 2.24) is 0 Å². The molecule has 0 aliphatic rings. The average Bonchev–Trinajstić information content (AvgIpc) is 2.79. The maximum absolute atomic E-state index is 12.9. The summed E-state index contributed by atoms with van der Waals surface area (Å²) in [5.41, 5.74) is 3.46. The second kappa shape index (κ2) is 9.25. The van der Waals surface area contributed by atoms with Crippen molar-refractivity contribution in [2.45, 2.75) is 19.8 Å². The van der Waals surface area contributed by atoms with E-state index in [9.17, 15) is 9.59 Å². The molecule has 0 N–H and O–H groups in total. The van der Waals surface area contributed by atoms with Gasteiger partial charge in [0.15, 0.2) is 5.43 Å². The molecule has 0 saturated carbocycles. The molecular formula is C27H21ClO4. The minimum Gasteiger partial charge on any atom is -0.463 e. The molecule has 0 saturated heterocycles. The monoisotopic (exact) mass is 444 g/mol. The van der Waals surface area contributed by atoms with Gasteiger partial charge in [-0.05, 0) is 52.9 Å². The predicted octanol–water partition coefficient (Wildman–Crippen LogP) is 6.86. The summed E-state index contributed by atoms with van der Waals surface area (Å²) >= 11 is 5.92. The molecule has 4 rings (SSSR count). The van der Waals surface area contributed by atoms with E-state index in [-0.39, 0.29) is 5.43 Å². The number of benzene rings is 3. The van der Waals surface area contributed by atoms with Crippen molar-refractivity contribution < 1.29 is 13.9 Å². The molecule has 0 fully saturated rings. The van der Waals surface area contributed by atoms with E-state index in [0.717, 1.165) is 5.56 Å². The van der Waals surface area contributed by atoms with Gasteiger partial charge in [-0.25, -0.2) is 4.79 Å². The number of rotatable bonds is 5. The van der Waals surface area contributed by atoms with Gasteiger partial charge in [-0.3, -0.25) is 4.79 Å². The zero-order chi connectivity index (χ0) is 22.7. The number of carbonyl (C=O) groups excluding carboxylic acids is 1. The molecule has 32 heavy (non-hydrogen) atoms. The topological polar surface area (TPSA) is 56.5 Å². The Bertz CT molecular complexity index is 1350. The fourth-order valence-corrected chi connectivity index (χ4v) is 3.43. The zero-order valence-corrected chi connectivity index (χ0v) is 18.4. The SMILES string of the molecule is CC(C)c1ccc(/C=C/C(=O)Oc2ccc3c(=O)c(-c4ccc(Cl)cc4)coc3c2)cc1. The van der Waals surface area contributed by atoms with Gasteiger partial charge in [0.05, 0.1) is 10.9 Å². The largest absolute Gasteiger partial charge is 0.463 e. The first-order chi connectivity index (χ1) is 15.4. The van der Waals surface area contributed by atoms with Crippen LogP contribution in [0.5, 0.6) is 5.75 Å². The van der Waals surface area contributed by atoms with E-state index >= 15 is 0 Å². The standard InChI is InChI=1S/C27H21ClO4/c1-17(2)19-6-3-18(4-7-19)5-14-26(29)32-22-12-13-23-25(15-22)31-16-24(27(23)30)20-8-10-21(28)11-9-20/h3-17H,1-2H3/b14-5+. The molecule has 0 atom stereocenters. The van der Waals surface area contributed by atoms with E-state index in [1.54, 1.807) is 42.5 Å². The van der Waals surface area contributed by atoms with Gasteiger partial charge in [-0.2, -0.15) is 0 Å². The lowest BCUT2D eigenvalue weighted by molar-refractivity contribution is -0.128. The Morgan fingerprint density at radius 1 is 1.00 bits per heavy atom. The van der Waals surface area contributed by atoms with Crippen LogP contribution in [0.1, 0.15) is 30.9 Å². The number of esters is 1. The number of fused-ring (bicyclic) bond motifs is 1. The summed E-state index contributed by atoms with van der Waals surface area (Å²) in [6, 6.07) is 19.7. The molecule has 0 bridgehead atoms. The fraction of sp³-hybridized carbons (Fsp3) is 0.111. The molecule has 160 valence electrons. The minimum atomic E-state index is -0.516. The van der Waals surface area contributed by atoms with Crippen molar-refractivity contribution in [3.8, 4) is 16.9 Å². The number of carbonyl (C=O) groups is 1. The zero-order valence-electron chi connectivity index (χ0n) is 17.7. The second-order valence-electron chi connectivity index (χ2n) is 7.72. The molecule has 1 aromatic heterocycles. The Kier molecular flexibility index (Phi) is 6.24. The second-order valence-corrected chi connectivity index (χ2v) is 8.16. The molecule has 5 heteroatoms. The van der Waals surface area contributed by atoms with Crippen LogP contribution in [0.15, 0.2) is 88.3 Å². The molecular weight excluding hydrogens is 424 g/mol. The summed E-state index contributed by atoms with van der Waals surface area (Å²) in [6.45, 7) is 4.26. The summed E-state index contributed by atoms with van der Waals surface area (Å²) in [4.78, 5) is 25.1. The quantitative estimate of drug-likeness (QED) is 0.192. The number of hydrogen-bond donors (Lipinski definition) is 0. The third kappa shape index (κ3) is 4.82. The molecule has 0 aliphatic heterocycles. The van der Waals surface area contributed by atoms with Crippen molar-refractivity contribution >= 4 is 34.6 Å². The summed E-state index contributed by atoms with van der Waals surface area (Å²) in [5, 5.41) is 0.991. The van der Waals surface area contributed by atoms with Crippen molar-refractivity contribution in [3.63, 3.8) is 0 Å². The van der Waals surface area contributed by atoms with E-state index in [2.05, 4.69) is 13.8 Å². The highest BCUT2D eigenvalue weighted by Crippen LogP contribution is 2.24. The van der Waals surface area contributed by atoms with Gasteiger partial charge in [0.1, 0.15) is 17.6 Å². The number of hydrogen-bond acceptors (Lipinski definition) is 4. The highest BCUT2D eigenvalue weighted by Gasteiger charge is 2.11. The van der Waals surface area contributed by atoms with E-state index in [0.29, 0.717) is 38.8 Å². The first kappa shape index (κ1) is 21.6. The summed E-state index contributed by atoms with van der Waals surface area (Å²) in [7, 11) is 0. The molecule has 0 aliphatic carbocycles. The van der Waals surface area contributed by atoms with Crippen LogP contribution in [0.25, 0.3) is 28.2 Å². The molecule has 3 aromatic carbocycles. The van der Waals surface area contributed by atoms with Gasteiger partial charge >= 0.3 is 5.97 Å². The Morgan fingerprint density at radius 3 is 2.41 bits per heavy atom. The molecule has 4 aromatic rings. The maximum atomic E-state index is 12.9. The average molecular weight is 445 g/mol. The molecule has 0 spiro atoms. The van der Waals surface area contributed by atoms with Crippen molar-refractivity contribution in [3.05, 3.63) is 105 Å². The smallest absolute Gasteiger partial charge is 0.336 e.